The molecular weight excluding hydrogens is 410 g/mol. The second-order valence-corrected chi connectivity index (χ2v) is 9.10. The van der Waals surface area contributed by atoms with Gasteiger partial charge in [-0.3, -0.25) is 9.69 Å². The number of amides is 3. The molecule has 1 unspecified atom stereocenters. The van der Waals surface area contributed by atoms with E-state index in [1.54, 1.807) is 0 Å². The van der Waals surface area contributed by atoms with E-state index in [4.69, 9.17) is 4.74 Å². The van der Waals surface area contributed by atoms with Crippen molar-refractivity contribution in [1.29, 1.82) is 0 Å². The van der Waals surface area contributed by atoms with E-state index in [1.807, 2.05) is 29.6 Å². The molecule has 0 bridgehead atoms. The van der Waals surface area contributed by atoms with Crippen LogP contribution in [0, 0.1) is 0 Å². The summed E-state index contributed by atoms with van der Waals surface area (Å²) in [7, 11) is 0. The number of para-hydroxylation sites is 1. The summed E-state index contributed by atoms with van der Waals surface area (Å²) in [4.78, 5) is 32.1. The van der Waals surface area contributed by atoms with Gasteiger partial charge in [0.05, 0.1) is 18.8 Å². The molecule has 3 aromatic rings. The number of hydrogen-bond acceptors (Lipinski definition) is 5. The maximum absolute atomic E-state index is 13.4. The molecule has 2 aliphatic rings. The van der Waals surface area contributed by atoms with Crippen LogP contribution in [0.3, 0.4) is 0 Å². The van der Waals surface area contributed by atoms with Crippen LogP contribution in [0.5, 0.6) is 5.75 Å². The number of thiazole rings is 1. The number of fused-ring (bicyclic) bond motifs is 2. The van der Waals surface area contributed by atoms with Crippen molar-refractivity contribution in [2.75, 3.05) is 6.61 Å². The number of rotatable bonds is 4. The Kier molecular flexibility index (Phi) is 4.78. The molecule has 0 radical (unpaired) electrons. The van der Waals surface area contributed by atoms with Gasteiger partial charge in [0.2, 0.25) is 0 Å². The Hall–Kier alpha value is -3.19. The number of benzene rings is 2. The third-order valence-corrected chi connectivity index (χ3v) is 6.89. The van der Waals surface area contributed by atoms with Gasteiger partial charge in [0, 0.05) is 22.9 Å². The van der Waals surface area contributed by atoms with Crippen LogP contribution in [0.2, 0.25) is 0 Å². The first-order valence-electron chi connectivity index (χ1n) is 10.4. The van der Waals surface area contributed by atoms with E-state index < -0.39 is 11.6 Å². The van der Waals surface area contributed by atoms with Gasteiger partial charge in [0.25, 0.3) is 5.91 Å². The summed E-state index contributed by atoms with van der Waals surface area (Å²) in [6, 6.07) is 15.4. The minimum atomic E-state index is -1.06. The minimum absolute atomic E-state index is 0.149. The number of imide groups is 1. The number of aromatic nitrogens is 1. The first-order chi connectivity index (χ1) is 15.0. The zero-order valence-electron chi connectivity index (χ0n) is 17.4. The highest BCUT2D eigenvalue weighted by atomic mass is 32.1. The molecule has 1 fully saturated rings. The van der Waals surface area contributed by atoms with E-state index in [2.05, 4.69) is 48.4 Å². The predicted octanol–water partition coefficient (Wildman–Crippen LogP) is 4.66. The molecule has 158 valence electrons. The summed E-state index contributed by atoms with van der Waals surface area (Å²) in [5, 5.41) is 5.72. The van der Waals surface area contributed by atoms with E-state index in [0.717, 1.165) is 10.6 Å². The Balaban J connectivity index is 1.38. The first-order valence-corrected chi connectivity index (χ1v) is 11.3. The second-order valence-electron chi connectivity index (χ2n) is 8.24. The molecular formula is C24H23N3O3S. The number of carbonyl (C=O) groups excluding carboxylic acids is 2. The number of ether oxygens (including phenoxy) is 1. The van der Waals surface area contributed by atoms with E-state index in [1.165, 1.54) is 21.8 Å². The maximum Gasteiger partial charge on any atom is 0.325 e. The number of nitrogens with one attached hydrogen (secondary N) is 1. The summed E-state index contributed by atoms with van der Waals surface area (Å²) >= 11 is 1.52. The lowest BCUT2D eigenvalue weighted by Crippen LogP contribution is -2.47. The van der Waals surface area contributed by atoms with Crippen molar-refractivity contribution >= 4 is 23.3 Å². The van der Waals surface area contributed by atoms with Crippen molar-refractivity contribution in [2.45, 2.75) is 38.3 Å². The third-order valence-electron chi connectivity index (χ3n) is 5.95. The van der Waals surface area contributed by atoms with Gasteiger partial charge >= 0.3 is 6.03 Å². The van der Waals surface area contributed by atoms with Gasteiger partial charge < -0.3 is 10.1 Å². The Labute approximate surface area is 184 Å². The fourth-order valence-electron chi connectivity index (χ4n) is 4.20. The molecule has 3 amide bonds. The standard InChI is InChI=1S/C24H23N3O3S/c1-15(2)16-7-9-17(10-8-16)21-25-18(14-31-21)13-27-22(28)24(26-23(27)29)11-12-30-20-6-4-3-5-19(20)24/h3-10,14-15H,11-13H2,1-2H3,(H,26,29). The number of hydrogen-bond donors (Lipinski definition) is 1. The molecule has 2 aliphatic heterocycles. The van der Waals surface area contributed by atoms with Crippen molar-refractivity contribution in [3.63, 3.8) is 0 Å². The van der Waals surface area contributed by atoms with E-state index >= 15 is 0 Å². The summed E-state index contributed by atoms with van der Waals surface area (Å²) in [6.07, 6.45) is 0.412. The van der Waals surface area contributed by atoms with Crippen molar-refractivity contribution in [3.8, 4) is 16.3 Å². The van der Waals surface area contributed by atoms with Crippen LogP contribution in [-0.4, -0.2) is 28.4 Å². The zero-order valence-corrected chi connectivity index (χ0v) is 18.2. The van der Waals surface area contributed by atoms with Gasteiger partial charge in [-0.15, -0.1) is 11.3 Å². The van der Waals surface area contributed by atoms with Gasteiger partial charge in [-0.2, -0.15) is 0 Å². The van der Waals surface area contributed by atoms with Crippen molar-refractivity contribution < 1.29 is 14.3 Å². The van der Waals surface area contributed by atoms with Crippen LogP contribution >= 0.6 is 11.3 Å². The Bertz CT molecular complexity index is 1150. The average molecular weight is 434 g/mol. The maximum atomic E-state index is 13.4. The number of nitrogens with zero attached hydrogens (tertiary/aromatic N) is 2. The smallest absolute Gasteiger partial charge is 0.325 e. The van der Waals surface area contributed by atoms with Crippen LogP contribution in [0.15, 0.2) is 53.9 Å². The monoisotopic (exact) mass is 433 g/mol. The topological polar surface area (TPSA) is 71.5 Å². The molecule has 7 heteroatoms. The summed E-state index contributed by atoms with van der Waals surface area (Å²) in [6.45, 7) is 4.86. The molecule has 6 nitrogen and oxygen atoms in total. The molecule has 2 aromatic carbocycles. The average Bonchev–Trinajstić information content (AvgIpc) is 3.34. The highest BCUT2D eigenvalue weighted by Crippen LogP contribution is 2.41. The molecule has 1 aromatic heterocycles. The van der Waals surface area contributed by atoms with Crippen LogP contribution in [0.25, 0.3) is 10.6 Å². The van der Waals surface area contributed by atoms with Crippen molar-refractivity contribution in [1.82, 2.24) is 15.2 Å². The van der Waals surface area contributed by atoms with Gasteiger partial charge in [0.1, 0.15) is 10.8 Å². The molecule has 3 heterocycles. The molecule has 0 saturated carbocycles. The minimum Gasteiger partial charge on any atom is -0.493 e. The van der Waals surface area contributed by atoms with E-state index in [0.29, 0.717) is 36.0 Å². The van der Waals surface area contributed by atoms with Crippen LogP contribution in [0.1, 0.15) is 43.0 Å². The third kappa shape index (κ3) is 3.29. The van der Waals surface area contributed by atoms with Gasteiger partial charge in [-0.25, -0.2) is 9.78 Å². The Morgan fingerprint density at radius 3 is 2.71 bits per heavy atom. The fourth-order valence-corrected chi connectivity index (χ4v) is 5.02. The highest BCUT2D eigenvalue weighted by Gasteiger charge is 2.54. The largest absolute Gasteiger partial charge is 0.493 e. The molecule has 31 heavy (non-hydrogen) atoms. The summed E-state index contributed by atoms with van der Waals surface area (Å²) < 4.78 is 5.69. The summed E-state index contributed by atoms with van der Waals surface area (Å²) in [5.74, 6) is 0.873. The molecule has 0 aliphatic carbocycles. The lowest BCUT2D eigenvalue weighted by Gasteiger charge is -2.33. The van der Waals surface area contributed by atoms with E-state index in [9.17, 15) is 9.59 Å². The highest BCUT2D eigenvalue weighted by molar-refractivity contribution is 7.13. The van der Waals surface area contributed by atoms with Gasteiger partial charge in [-0.1, -0.05) is 56.3 Å². The van der Waals surface area contributed by atoms with Crippen molar-refractivity contribution in [3.05, 3.63) is 70.7 Å². The van der Waals surface area contributed by atoms with Crippen LogP contribution in [-0.2, 0) is 16.9 Å². The summed E-state index contributed by atoms with van der Waals surface area (Å²) in [5.41, 5.74) is 2.67. The van der Waals surface area contributed by atoms with Gasteiger partial charge in [-0.05, 0) is 17.5 Å². The molecule has 1 N–H and O–H groups in total. The number of carbonyl (C=O) groups is 2. The number of urea groups is 1. The predicted molar refractivity (Wildman–Crippen MR) is 119 cm³/mol. The second kappa shape index (κ2) is 7.50. The Morgan fingerprint density at radius 1 is 1.16 bits per heavy atom. The molecule has 5 rings (SSSR count). The van der Waals surface area contributed by atoms with E-state index in [-0.39, 0.29) is 12.5 Å². The van der Waals surface area contributed by atoms with Crippen LogP contribution < -0.4 is 10.1 Å². The Morgan fingerprint density at radius 2 is 1.94 bits per heavy atom. The lowest BCUT2D eigenvalue weighted by atomic mass is 9.84. The molecule has 1 spiro atoms. The lowest BCUT2D eigenvalue weighted by molar-refractivity contribution is -0.133. The first kappa shape index (κ1) is 19.8. The molecule has 1 saturated heterocycles. The SMILES string of the molecule is CC(C)c1ccc(-c2nc(CN3C(=O)NC4(CCOc5ccccc54)C3=O)cs2)cc1. The van der Waals surface area contributed by atoms with Crippen molar-refractivity contribution in [2.24, 2.45) is 0 Å². The zero-order chi connectivity index (χ0) is 21.6. The molecule has 1 atom stereocenters. The van der Waals surface area contributed by atoms with Gasteiger partial charge in [0.15, 0.2) is 5.54 Å². The van der Waals surface area contributed by atoms with Crippen LogP contribution in [0.4, 0.5) is 4.79 Å². The normalized spacial score (nSPS) is 20.2. The quantitative estimate of drug-likeness (QED) is 0.608. The fraction of sp³-hybridized carbons (Fsp3) is 0.292.